The Hall–Kier alpha value is -3.55. The molecule has 3 rings (SSSR count). The van der Waals surface area contributed by atoms with E-state index < -0.39 is 5.91 Å². The Labute approximate surface area is 155 Å². The lowest BCUT2D eigenvalue weighted by molar-refractivity contribution is -0.115. The summed E-state index contributed by atoms with van der Waals surface area (Å²) in [5, 5.41) is 16.3. The van der Waals surface area contributed by atoms with E-state index in [-0.39, 0.29) is 23.6 Å². The maximum absolute atomic E-state index is 12.1. The fourth-order valence-electron chi connectivity index (χ4n) is 2.47. The average Bonchev–Trinajstić information content (AvgIpc) is 2.66. The van der Waals surface area contributed by atoms with Crippen molar-refractivity contribution in [1.82, 2.24) is 5.43 Å². The number of anilines is 1. The van der Waals surface area contributed by atoms with Crippen LogP contribution in [0.1, 0.15) is 23.7 Å². The van der Waals surface area contributed by atoms with Crippen molar-refractivity contribution in [3.05, 3.63) is 48.0 Å². The van der Waals surface area contributed by atoms with Gasteiger partial charge in [0.15, 0.2) is 11.5 Å². The van der Waals surface area contributed by atoms with E-state index in [0.29, 0.717) is 36.1 Å². The van der Waals surface area contributed by atoms with Crippen LogP contribution in [-0.2, 0) is 4.79 Å². The Bertz CT molecular complexity index is 895. The van der Waals surface area contributed by atoms with E-state index in [2.05, 4.69) is 15.8 Å². The quantitative estimate of drug-likeness (QED) is 0.553. The number of aromatic hydroxyl groups is 1. The highest BCUT2D eigenvalue weighted by atomic mass is 16.6. The number of hydrazone groups is 1. The van der Waals surface area contributed by atoms with Gasteiger partial charge < -0.3 is 19.9 Å². The number of ether oxygens (including phenoxy) is 2. The topological polar surface area (TPSA) is 109 Å². The van der Waals surface area contributed by atoms with Crippen molar-refractivity contribution in [1.29, 1.82) is 0 Å². The molecule has 1 aliphatic rings. The summed E-state index contributed by atoms with van der Waals surface area (Å²) >= 11 is 0. The van der Waals surface area contributed by atoms with E-state index in [1.807, 2.05) is 0 Å². The van der Waals surface area contributed by atoms with Gasteiger partial charge in [0.05, 0.1) is 12.0 Å². The van der Waals surface area contributed by atoms with E-state index in [0.717, 1.165) is 0 Å². The van der Waals surface area contributed by atoms with Gasteiger partial charge in [0.2, 0.25) is 5.91 Å². The van der Waals surface area contributed by atoms with Crippen LogP contribution in [0, 0.1) is 0 Å². The second-order valence-corrected chi connectivity index (χ2v) is 5.89. The molecule has 27 heavy (non-hydrogen) atoms. The predicted octanol–water partition coefficient (Wildman–Crippen LogP) is 2.30. The van der Waals surface area contributed by atoms with Gasteiger partial charge in [-0.2, -0.15) is 5.10 Å². The van der Waals surface area contributed by atoms with E-state index in [1.54, 1.807) is 37.3 Å². The number of rotatable bonds is 5. The van der Waals surface area contributed by atoms with Gasteiger partial charge in [-0.25, -0.2) is 5.43 Å². The Morgan fingerprint density at radius 3 is 2.63 bits per heavy atom. The van der Waals surface area contributed by atoms with Crippen LogP contribution in [0.15, 0.2) is 47.6 Å². The molecule has 8 nitrogen and oxygen atoms in total. The number of fused-ring (bicyclic) bond motifs is 1. The van der Waals surface area contributed by atoms with Gasteiger partial charge in [-0.3, -0.25) is 9.59 Å². The maximum Gasteiger partial charge on any atom is 0.275 e. The first-order valence-corrected chi connectivity index (χ1v) is 8.34. The van der Waals surface area contributed by atoms with Crippen molar-refractivity contribution < 1.29 is 24.2 Å². The molecule has 2 aromatic rings. The minimum Gasteiger partial charge on any atom is -0.507 e. The standard InChI is InChI=1S/C19H19N3O5/c1-12(21-22-19(25)14-4-2-3-5-15(14)23)10-18(24)20-13-6-7-16-17(11-13)27-9-8-26-16/h2-7,11,23H,8-10H2,1H3,(H,20,24)(H,22,25)/b21-12-. The molecule has 0 spiro atoms. The number of phenolic OH excluding ortho intramolecular Hbond substituents is 1. The predicted molar refractivity (Wildman–Crippen MR) is 99.4 cm³/mol. The molecular weight excluding hydrogens is 350 g/mol. The minimum atomic E-state index is -0.556. The van der Waals surface area contributed by atoms with E-state index in [9.17, 15) is 14.7 Å². The number of phenols is 1. The Balaban J connectivity index is 1.55. The number of benzene rings is 2. The van der Waals surface area contributed by atoms with Gasteiger partial charge in [0, 0.05) is 17.5 Å². The van der Waals surface area contributed by atoms with Gasteiger partial charge in [-0.05, 0) is 31.2 Å². The zero-order valence-electron chi connectivity index (χ0n) is 14.7. The SMILES string of the molecule is C/C(CC(=O)Nc1ccc2c(c1)OCCO2)=N/NC(=O)c1ccccc1O. The molecule has 0 saturated heterocycles. The molecule has 1 aliphatic heterocycles. The lowest BCUT2D eigenvalue weighted by Crippen LogP contribution is -2.21. The van der Waals surface area contributed by atoms with Gasteiger partial charge >= 0.3 is 0 Å². The summed E-state index contributed by atoms with van der Waals surface area (Å²) in [5.41, 5.74) is 3.42. The van der Waals surface area contributed by atoms with Crippen LogP contribution >= 0.6 is 0 Å². The van der Waals surface area contributed by atoms with Crippen molar-refractivity contribution >= 4 is 23.2 Å². The highest BCUT2D eigenvalue weighted by Crippen LogP contribution is 2.32. The van der Waals surface area contributed by atoms with Gasteiger partial charge in [0.25, 0.3) is 5.91 Å². The van der Waals surface area contributed by atoms with Gasteiger partial charge in [-0.1, -0.05) is 12.1 Å². The van der Waals surface area contributed by atoms with E-state index in [1.165, 1.54) is 12.1 Å². The third-order valence-electron chi connectivity index (χ3n) is 3.74. The Morgan fingerprint density at radius 1 is 1.11 bits per heavy atom. The van der Waals surface area contributed by atoms with Crippen LogP contribution in [0.3, 0.4) is 0 Å². The molecule has 0 aromatic heterocycles. The van der Waals surface area contributed by atoms with Crippen molar-refractivity contribution in [3.63, 3.8) is 0 Å². The smallest absolute Gasteiger partial charge is 0.275 e. The fourth-order valence-corrected chi connectivity index (χ4v) is 2.47. The summed E-state index contributed by atoms with van der Waals surface area (Å²) in [7, 11) is 0. The molecule has 0 bridgehead atoms. The second-order valence-electron chi connectivity index (χ2n) is 5.89. The summed E-state index contributed by atoms with van der Waals surface area (Å²) < 4.78 is 10.9. The number of carbonyl (C=O) groups excluding carboxylic acids is 2. The highest BCUT2D eigenvalue weighted by Gasteiger charge is 2.13. The van der Waals surface area contributed by atoms with Gasteiger partial charge in [-0.15, -0.1) is 0 Å². The largest absolute Gasteiger partial charge is 0.507 e. The molecule has 2 amide bonds. The molecule has 0 aliphatic carbocycles. The van der Waals surface area contributed by atoms with Crippen LogP contribution in [0.5, 0.6) is 17.2 Å². The zero-order chi connectivity index (χ0) is 19.2. The minimum absolute atomic E-state index is 0.00447. The highest BCUT2D eigenvalue weighted by molar-refractivity contribution is 6.06. The van der Waals surface area contributed by atoms with Crippen molar-refractivity contribution in [2.45, 2.75) is 13.3 Å². The molecule has 0 unspecified atom stereocenters. The molecule has 0 fully saturated rings. The number of amides is 2. The summed E-state index contributed by atoms with van der Waals surface area (Å²) in [5.74, 6) is 0.242. The second kappa shape index (κ2) is 8.22. The lowest BCUT2D eigenvalue weighted by atomic mass is 10.2. The van der Waals surface area contributed by atoms with E-state index in [4.69, 9.17) is 9.47 Å². The molecule has 3 N–H and O–H groups in total. The number of hydrogen-bond acceptors (Lipinski definition) is 6. The maximum atomic E-state index is 12.1. The number of hydrogen-bond donors (Lipinski definition) is 3. The van der Waals surface area contributed by atoms with Crippen molar-refractivity contribution in [2.24, 2.45) is 5.10 Å². The molecular formula is C19H19N3O5. The number of nitrogens with zero attached hydrogens (tertiary/aromatic N) is 1. The molecule has 8 heteroatoms. The summed E-state index contributed by atoms with van der Waals surface area (Å²) in [6.07, 6.45) is -0.00447. The average molecular weight is 369 g/mol. The first kappa shape index (κ1) is 18.2. The van der Waals surface area contributed by atoms with Crippen LogP contribution in [-0.4, -0.2) is 35.8 Å². The third kappa shape index (κ3) is 4.75. The molecule has 0 saturated carbocycles. The van der Waals surface area contributed by atoms with Crippen LogP contribution < -0.4 is 20.2 Å². The van der Waals surface area contributed by atoms with Crippen molar-refractivity contribution in [3.8, 4) is 17.2 Å². The summed E-state index contributed by atoms with van der Waals surface area (Å²) in [6, 6.07) is 11.3. The molecule has 140 valence electrons. The first-order chi connectivity index (χ1) is 13.0. The van der Waals surface area contributed by atoms with Crippen LogP contribution in [0.4, 0.5) is 5.69 Å². The molecule has 1 heterocycles. The fraction of sp³-hybridized carbons (Fsp3) is 0.211. The zero-order valence-corrected chi connectivity index (χ0v) is 14.7. The number of para-hydroxylation sites is 1. The van der Waals surface area contributed by atoms with Crippen LogP contribution in [0.2, 0.25) is 0 Å². The summed E-state index contributed by atoms with van der Waals surface area (Å²) in [6.45, 7) is 2.59. The monoisotopic (exact) mass is 369 g/mol. The third-order valence-corrected chi connectivity index (χ3v) is 3.74. The Morgan fingerprint density at radius 2 is 1.85 bits per heavy atom. The first-order valence-electron chi connectivity index (χ1n) is 8.34. The van der Waals surface area contributed by atoms with E-state index >= 15 is 0 Å². The number of nitrogens with one attached hydrogen (secondary N) is 2. The molecule has 0 atom stereocenters. The molecule has 2 aromatic carbocycles. The van der Waals surface area contributed by atoms with Crippen LogP contribution in [0.25, 0.3) is 0 Å². The lowest BCUT2D eigenvalue weighted by Gasteiger charge is -2.19. The normalized spacial score (nSPS) is 13.0. The number of carbonyl (C=O) groups is 2. The Kier molecular flexibility index (Phi) is 5.55. The molecule has 0 radical (unpaired) electrons. The summed E-state index contributed by atoms with van der Waals surface area (Å²) in [4.78, 5) is 24.1. The van der Waals surface area contributed by atoms with Crippen molar-refractivity contribution in [2.75, 3.05) is 18.5 Å². The van der Waals surface area contributed by atoms with Gasteiger partial charge in [0.1, 0.15) is 19.0 Å².